The number of carbonyl (C=O) groups is 2. The number of carboxylic acids is 2. The van der Waals surface area contributed by atoms with Gasteiger partial charge in [-0.15, -0.1) is 0 Å². The molecule has 1 aliphatic heterocycles. The lowest BCUT2D eigenvalue weighted by molar-refractivity contribution is -0.194. The van der Waals surface area contributed by atoms with Crippen LogP contribution in [0.4, 0.5) is 4.39 Å². The summed E-state index contributed by atoms with van der Waals surface area (Å²) in [6, 6.07) is 7.88. The predicted molar refractivity (Wildman–Crippen MR) is 110 cm³/mol. The number of aliphatic hydroxyl groups is 1. The van der Waals surface area contributed by atoms with Crippen molar-refractivity contribution in [2.24, 2.45) is 0 Å². The molecule has 2 fully saturated rings. The van der Waals surface area contributed by atoms with Gasteiger partial charge in [0.15, 0.2) is 29.2 Å². The number of fused-ring (bicyclic) bond motifs is 2. The van der Waals surface area contributed by atoms with Gasteiger partial charge in [0, 0.05) is 6.42 Å². The Kier molecular flexibility index (Phi) is 4.98. The molecule has 0 radical (unpaired) electrons. The number of hydrogen-bond donors (Lipinski definition) is 4. The first kappa shape index (κ1) is 22.4. The Morgan fingerprint density at radius 1 is 1.29 bits per heavy atom. The molecule has 1 unspecified atom stereocenters. The summed E-state index contributed by atoms with van der Waals surface area (Å²) in [5.41, 5.74) is -5.69. The van der Waals surface area contributed by atoms with Gasteiger partial charge in [-0.05, 0) is 17.2 Å². The van der Waals surface area contributed by atoms with E-state index in [0.29, 0.717) is 5.56 Å². The van der Waals surface area contributed by atoms with Crippen LogP contribution in [-0.4, -0.2) is 76.4 Å². The van der Waals surface area contributed by atoms with Crippen LogP contribution in [0.15, 0.2) is 41.5 Å². The molecule has 1 saturated carbocycles. The molecule has 5 atom stereocenters. The highest BCUT2D eigenvalue weighted by Crippen LogP contribution is 2.58. The molecule has 34 heavy (non-hydrogen) atoms. The summed E-state index contributed by atoms with van der Waals surface area (Å²) in [5.74, 6) is -3.63. The van der Waals surface area contributed by atoms with Gasteiger partial charge in [0.1, 0.15) is 12.2 Å². The number of nitrogens with one attached hydrogen (secondary N) is 1. The lowest BCUT2D eigenvalue weighted by atomic mass is 9.94. The molecule has 1 saturated heterocycles. The number of aromatic amines is 1. The fourth-order valence-electron chi connectivity index (χ4n) is 4.21. The predicted octanol–water partition coefficient (Wildman–Crippen LogP) is 0.289. The van der Waals surface area contributed by atoms with Crippen molar-refractivity contribution in [1.82, 2.24) is 19.5 Å². The van der Waals surface area contributed by atoms with E-state index in [1.807, 2.05) is 0 Å². The standard InChI is InChI=1S/C20H16ClFN4O8/c21-18-24-13-9(14(27)25-18)23-7-26(13)15-10(22)20(32)11(33-15)12(20)34-19(16(28)29,17(30)31)6-8-4-2-1-3-5-8/h1-5,7,10-12,15,32H,6H2,(H,28,29)(H,30,31)(H,24,25,27)/t10-,11-,12?,15-,20+/m1/s1. The van der Waals surface area contributed by atoms with Crippen molar-refractivity contribution in [3.05, 3.63) is 57.9 Å². The third-order valence-corrected chi connectivity index (χ3v) is 6.23. The quantitative estimate of drug-likeness (QED) is 0.263. The maximum Gasteiger partial charge on any atom is 0.348 e. The third-order valence-electron chi connectivity index (χ3n) is 6.05. The van der Waals surface area contributed by atoms with E-state index in [9.17, 15) is 29.7 Å². The number of rotatable bonds is 7. The summed E-state index contributed by atoms with van der Waals surface area (Å²) in [6.07, 6.45) is -6.14. The smallest absolute Gasteiger partial charge is 0.348 e. The molecule has 12 nitrogen and oxygen atoms in total. The Morgan fingerprint density at radius 3 is 2.56 bits per heavy atom. The highest BCUT2D eigenvalue weighted by molar-refractivity contribution is 6.28. The molecule has 1 aromatic carbocycles. The third kappa shape index (κ3) is 3.12. The van der Waals surface area contributed by atoms with Crippen molar-refractivity contribution in [2.45, 2.75) is 42.2 Å². The van der Waals surface area contributed by atoms with Gasteiger partial charge >= 0.3 is 11.9 Å². The Balaban J connectivity index is 1.43. The second-order valence-electron chi connectivity index (χ2n) is 8.06. The van der Waals surface area contributed by atoms with E-state index in [-0.39, 0.29) is 16.4 Å². The molecule has 3 aromatic rings. The van der Waals surface area contributed by atoms with Crippen LogP contribution >= 0.6 is 11.6 Å². The number of alkyl halides is 1. The maximum absolute atomic E-state index is 15.4. The van der Waals surface area contributed by atoms with Crippen LogP contribution < -0.4 is 5.56 Å². The Hall–Kier alpha value is -3.39. The number of aromatic nitrogens is 4. The molecule has 0 spiro atoms. The minimum absolute atomic E-state index is 0.0988. The molecular weight excluding hydrogens is 479 g/mol. The number of H-pyrrole nitrogens is 1. The number of imidazole rings is 1. The van der Waals surface area contributed by atoms with Crippen LogP contribution in [0.5, 0.6) is 0 Å². The van der Waals surface area contributed by atoms with Crippen LogP contribution in [0.2, 0.25) is 5.28 Å². The summed E-state index contributed by atoms with van der Waals surface area (Å²) < 4.78 is 27.4. The van der Waals surface area contributed by atoms with Gasteiger partial charge in [0.2, 0.25) is 5.28 Å². The summed E-state index contributed by atoms with van der Waals surface area (Å²) in [6.45, 7) is 0. The molecule has 2 aliphatic rings. The number of aliphatic carboxylic acids is 2. The van der Waals surface area contributed by atoms with E-state index in [1.54, 1.807) is 18.2 Å². The number of benzene rings is 1. The van der Waals surface area contributed by atoms with Crippen molar-refractivity contribution < 1.29 is 38.8 Å². The van der Waals surface area contributed by atoms with E-state index in [4.69, 9.17) is 21.1 Å². The van der Waals surface area contributed by atoms with Crippen LogP contribution in [-0.2, 0) is 25.5 Å². The van der Waals surface area contributed by atoms with Gasteiger partial charge in [0.25, 0.3) is 11.2 Å². The molecule has 4 N–H and O–H groups in total. The van der Waals surface area contributed by atoms with Crippen molar-refractivity contribution in [3.8, 4) is 0 Å². The Bertz CT molecular complexity index is 1350. The van der Waals surface area contributed by atoms with E-state index >= 15 is 4.39 Å². The highest BCUT2D eigenvalue weighted by atomic mass is 35.5. The van der Waals surface area contributed by atoms with Crippen LogP contribution in [0.3, 0.4) is 0 Å². The molecular formula is C20H16ClFN4O8. The summed E-state index contributed by atoms with van der Waals surface area (Å²) in [7, 11) is 0. The van der Waals surface area contributed by atoms with Crippen LogP contribution in [0.25, 0.3) is 11.2 Å². The first-order chi connectivity index (χ1) is 16.1. The van der Waals surface area contributed by atoms with Gasteiger partial charge in [0.05, 0.1) is 6.33 Å². The molecule has 0 bridgehead atoms. The molecule has 3 heterocycles. The van der Waals surface area contributed by atoms with E-state index in [2.05, 4.69) is 15.0 Å². The van der Waals surface area contributed by atoms with E-state index < -0.39 is 59.7 Å². The number of nitrogens with zero attached hydrogens (tertiary/aromatic N) is 3. The van der Waals surface area contributed by atoms with Gasteiger partial charge in [-0.1, -0.05) is 30.3 Å². The second kappa shape index (κ2) is 7.56. The Morgan fingerprint density at radius 2 is 1.97 bits per heavy atom. The largest absolute Gasteiger partial charge is 0.479 e. The first-order valence-electron chi connectivity index (χ1n) is 9.92. The lowest BCUT2D eigenvalue weighted by Crippen LogP contribution is -2.53. The number of ether oxygens (including phenoxy) is 2. The molecule has 14 heteroatoms. The highest BCUT2D eigenvalue weighted by Gasteiger charge is 2.80. The monoisotopic (exact) mass is 494 g/mol. The minimum atomic E-state index is -2.80. The minimum Gasteiger partial charge on any atom is -0.479 e. The van der Waals surface area contributed by atoms with Gasteiger partial charge in [-0.2, -0.15) is 4.98 Å². The SMILES string of the molecule is O=C(O)C(Cc1ccccc1)(OC1[C@H]2O[C@@H](n3cnc4c(=O)[nH]c(Cl)nc43)[C@@H](F)[C@@]12O)C(=O)O. The van der Waals surface area contributed by atoms with Crippen molar-refractivity contribution in [1.29, 1.82) is 0 Å². The average molecular weight is 495 g/mol. The van der Waals surface area contributed by atoms with E-state index in [0.717, 1.165) is 10.9 Å². The van der Waals surface area contributed by atoms with Crippen molar-refractivity contribution >= 4 is 34.7 Å². The van der Waals surface area contributed by atoms with Crippen molar-refractivity contribution in [3.63, 3.8) is 0 Å². The van der Waals surface area contributed by atoms with Crippen LogP contribution in [0.1, 0.15) is 11.8 Å². The summed E-state index contributed by atoms with van der Waals surface area (Å²) >= 11 is 5.76. The number of halogens is 2. The van der Waals surface area contributed by atoms with Gasteiger partial charge < -0.3 is 24.8 Å². The fourth-order valence-corrected chi connectivity index (χ4v) is 4.37. The first-order valence-corrected chi connectivity index (χ1v) is 10.3. The fraction of sp³-hybridized carbons (Fsp3) is 0.350. The van der Waals surface area contributed by atoms with Crippen LogP contribution in [0, 0.1) is 0 Å². The van der Waals surface area contributed by atoms with Crippen molar-refractivity contribution in [2.75, 3.05) is 0 Å². The van der Waals surface area contributed by atoms with Gasteiger partial charge in [-0.3, -0.25) is 14.3 Å². The maximum atomic E-state index is 15.4. The van der Waals surface area contributed by atoms with Gasteiger partial charge in [-0.25, -0.2) is 19.0 Å². The van der Waals surface area contributed by atoms with E-state index in [1.165, 1.54) is 12.1 Å². The topological polar surface area (TPSA) is 177 Å². The normalized spacial score (nSPS) is 28.1. The number of carboxylic acid groups (broad SMARTS) is 2. The average Bonchev–Trinajstić information content (AvgIpc) is 3.05. The molecule has 1 aliphatic carbocycles. The lowest BCUT2D eigenvalue weighted by Gasteiger charge is -2.28. The zero-order valence-corrected chi connectivity index (χ0v) is 17.7. The number of hydrogen-bond acceptors (Lipinski definition) is 8. The zero-order valence-electron chi connectivity index (χ0n) is 17.0. The zero-order chi connectivity index (χ0) is 24.4. The molecule has 178 valence electrons. The molecule has 2 aromatic heterocycles. The molecule has 0 amide bonds. The molecule has 5 rings (SSSR count). The second-order valence-corrected chi connectivity index (χ2v) is 8.41. The Labute approximate surface area is 193 Å². The summed E-state index contributed by atoms with van der Waals surface area (Å²) in [4.78, 5) is 46.0. The summed E-state index contributed by atoms with van der Waals surface area (Å²) in [5, 5.41) is 30.1.